The van der Waals surface area contributed by atoms with Crippen molar-refractivity contribution in [1.29, 1.82) is 0 Å². The van der Waals surface area contributed by atoms with Crippen molar-refractivity contribution in [2.24, 2.45) is 0 Å². The molecule has 1 aromatic heterocycles. The van der Waals surface area contributed by atoms with Crippen molar-refractivity contribution in [2.75, 3.05) is 0 Å². The van der Waals surface area contributed by atoms with Crippen molar-refractivity contribution in [3.05, 3.63) is 18.3 Å². The van der Waals surface area contributed by atoms with Crippen LogP contribution in [0.25, 0.3) is 0 Å². The van der Waals surface area contributed by atoms with Crippen LogP contribution in [0, 0.1) is 0 Å². The first-order valence-corrected chi connectivity index (χ1v) is 3.54. The standard InChI is InChI=1S/C6H4ClNO2S/c7-6(9)10-5-4(11)2-1-3-8-5/h1-3,11H. The summed E-state index contributed by atoms with van der Waals surface area (Å²) in [5, 5.41) is 0. The van der Waals surface area contributed by atoms with Crippen LogP contribution in [-0.2, 0) is 0 Å². The Hall–Kier alpha value is -0.740. The van der Waals surface area contributed by atoms with Gasteiger partial charge in [-0.15, -0.1) is 12.6 Å². The van der Waals surface area contributed by atoms with Crippen LogP contribution in [-0.4, -0.2) is 10.4 Å². The minimum atomic E-state index is -0.918. The molecule has 0 bridgehead atoms. The normalized spacial score (nSPS) is 9.27. The highest BCUT2D eigenvalue weighted by atomic mass is 35.5. The van der Waals surface area contributed by atoms with Crippen LogP contribution in [0.4, 0.5) is 4.79 Å². The molecule has 1 aromatic rings. The fraction of sp³-hybridized carbons (Fsp3) is 0. The molecule has 0 radical (unpaired) electrons. The highest BCUT2D eigenvalue weighted by molar-refractivity contribution is 7.80. The molecule has 0 aromatic carbocycles. The Kier molecular flexibility index (Phi) is 2.73. The minimum absolute atomic E-state index is 0.121. The van der Waals surface area contributed by atoms with E-state index in [0.717, 1.165) is 0 Å². The molecular formula is C6H4ClNO2S. The van der Waals surface area contributed by atoms with E-state index in [9.17, 15) is 4.79 Å². The molecular weight excluding hydrogens is 186 g/mol. The molecule has 0 saturated heterocycles. The molecule has 0 N–H and O–H groups in total. The number of hydrogen-bond acceptors (Lipinski definition) is 4. The van der Waals surface area contributed by atoms with Crippen LogP contribution in [0.15, 0.2) is 23.2 Å². The lowest BCUT2D eigenvalue weighted by Gasteiger charge is -1.99. The summed E-state index contributed by atoms with van der Waals surface area (Å²) in [5.74, 6) is 0.121. The molecule has 0 saturated carbocycles. The Bertz CT molecular complexity index is 279. The zero-order valence-corrected chi connectivity index (χ0v) is 6.97. The molecule has 0 aliphatic carbocycles. The predicted octanol–water partition coefficient (Wildman–Crippen LogP) is 2.11. The number of carbonyl (C=O) groups excluding carboxylic acids is 1. The van der Waals surface area contributed by atoms with Gasteiger partial charge < -0.3 is 4.74 Å². The van der Waals surface area contributed by atoms with Gasteiger partial charge in [0.25, 0.3) is 0 Å². The van der Waals surface area contributed by atoms with Gasteiger partial charge in [0.05, 0.1) is 4.90 Å². The quantitative estimate of drug-likeness (QED) is 0.543. The van der Waals surface area contributed by atoms with Gasteiger partial charge in [0.15, 0.2) is 0 Å². The van der Waals surface area contributed by atoms with E-state index in [2.05, 4.69) is 22.3 Å². The van der Waals surface area contributed by atoms with E-state index in [1.54, 1.807) is 12.1 Å². The van der Waals surface area contributed by atoms with Crippen molar-refractivity contribution in [3.63, 3.8) is 0 Å². The van der Waals surface area contributed by atoms with E-state index < -0.39 is 5.43 Å². The van der Waals surface area contributed by atoms with E-state index in [4.69, 9.17) is 11.6 Å². The Labute approximate surface area is 73.7 Å². The Morgan fingerprint density at radius 3 is 3.00 bits per heavy atom. The zero-order valence-electron chi connectivity index (χ0n) is 5.32. The lowest BCUT2D eigenvalue weighted by Crippen LogP contribution is -1.98. The van der Waals surface area contributed by atoms with Crippen molar-refractivity contribution in [3.8, 4) is 5.88 Å². The highest BCUT2D eigenvalue weighted by Gasteiger charge is 2.03. The summed E-state index contributed by atoms with van der Waals surface area (Å²) in [6, 6.07) is 3.32. The second-order valence-corrected chi connectivity index (χ2v) is 2.46. The van der Waals surface area contributed by atoms with Crippen LogP contribution in [0.3, 0.4) is 0 Å². The van der Waals surface area contributed by atoms with E-state index in [1.165, 1.54) is 6.20 Å². The number of hydrogen-bond donors (Lipinski definition) is 1. The number of rotatable bonds is 1. The summed E-state index contributed by atoms with van der Waals surface area (Å²) < 4.78 is 4.48. The van der Waals surface area contributed by atoms with Gasteiger partial charge in [0.2, 0.25) is 5.88 Å². The molecule has 0 aliphatic rings. The lowest BCUT2D eigenvalue weighted by molar-refractivity contribution is 0.222. The minimum Gasteiger partial charge on any atom is -0.394 e. The summed E-state index contributed by atoms with van der Waals surface area (Å²) in [7, 11) is 0. The van der Waals surface area contributed by atoms with Gasteiger partial charge in [-0.3, -0.25) is 0 Å². The zero-order chi connectivity index (χ0) is 8.27. The molecule has 1 heterocycles. The molecule has 0 spiro atoms. The Morgan fingerprint density at radius 2 is 2.45 bits per heavy atom. The van der Waals surface area contributed by atoms with Crippen molar-refractivity contribution < 1.29 is 9.53 Å². The molecule has 1 rings (SSSR count). The third kappa shape index (κ3) is 2.40. The van der Waals surface area contributed by atoms with Crippen LogP contribution in [0.5, 0.6) is 5.88 Å². The van der Waals surface area contributed by atoms with Crippen LogP contribution >= 0.6 is 24.2 Å². The molecule has 0 amide bonds. The van der Waals surface area contributed by atoms with Gasteiger partial charge in [0, 0.05) is 17.8 Å². The number of aromatic nitrogens is 1. The number of nitrogens with zero attached hydrogens (tertiary/aromatic N) is 1. The first-order chi connectivity index (χ1) is 5.20. The van der Waals surface area contributed by atoms with Crippen LogP contribution < -0.4 is 4.74 Å². The summed E-state index contributed by atoms with van der Waals surface area (Å²) in [5.41, 5.74) is -0.918. The number of carbonyl (C=O) groups is 1. The van der Waals surface area contributed by atoms with E-state index in [-0.39, 0.29) is 5.88 Å². The summed E-state index contributed by atoms with van der Waals surface area (Å²) in [4.78, 5) is 14.4. The SMILES string of the molecule is O=C(Cl)Oc1ncccc1S. The van der Waals surface area contributed by atoms with E-state index >= 15 is 0 Å². The van der Waals surface area contributed by atoms with Crippen molar-refractivity contribution in [2.45, 2.75) is 4.90 Å². The molecule has 58 valence electrons. The second-order valence-electron chi connectivity index (χ2n) is 1.67. The number of pyridine rings is 1. The third-order valence-corrected chi connectivity index (χ3v) is 1.35. The molecule has 3 nitrogen and oxygen atoms in total. The van der Waals surface area contributed by atoms with E-state index in [1.807, 2.05) is 0 Å². The highest BCUT2D eigenvalue weighted by Crippen LogP contribution is 2.18. The first kappa shape index (κ1) is 8.36. The summed E-state index contributed by atoms with van der Waals surface area (Å²) in [6.07, 6.45) is 1.48. The Morgan fingerprint density at radius 1 is 1.73 bits per heavy atom. The van der Waals surface area contributed by atoms with Gasteiger partial charge in [-0.1, -0.05) is 0 Å². The molecule has 0 aliphatic heterocycles. The molecule has 11 heavy (non-hydrogen) atoms. The van der Waals surface area contributed by atoms with Gasteiger partial charge in [-0.25, -0.2) is 9.78 Å². The molecule has 0 unspecified atom stereocenters. The van der Waals surface area contributed by atoms with Crippen LogP contribution in [0.2, 0.25) is 0 Å². The van der Waals surface area contributed by atoms with Gasteiger partial charge in [0.1, 0.15) is 0 Å². The maximum atomic E-state index is 10.2. The average molecular weight is 190 g/mol. The molecule has 5 heteroatoms. The molecule has 0 fully saturated rings. The first-order valence-electron chi connectivity index (χ1n) is 2.71. The van der Waals surface area contributed by atoms with Gasteiger partial charge >= 0.3 is 5.43 Å². The van der Waals surface area contributed by atoms with Gasteiger partial charge in [-0.05, 0) is 12.1 Å². The summed E-state index contributed by atoms with van der Waals surface area (Å²) >= 11 is 8.92. The van der Waals surface area contributed by atoms with Crippen LogP contribution in [0.1, 0.15) is 0 Å². The maximum absolute atomic E-state index is 10.2. The number of ether oxygens (including phenoxy) is 1. The number of halogens is 1. The third-order valence-electron chi connectivity index (χ3n) is 0.928. The summed E-state index contributed by atoms with van der Waals surface area (Å²) in [6.45, 7) is 0. The fourth-order valence-electron chi connectivity index (χ4n) is 0.537. The monoisotopic (exact) mass is 189 g/mol. The van der Waals surface area contributed by atoms with Crippen molar-refractivity contribution in [1.82, 2.24) is 4.98 Å². The fourth-order valence-corrected chi connectivity index (χ4v) is 0.800. The smallest absolute Gasteiger partial charge is 0.394 e. The largest absolute Gasteiger partial charge is 0.410 e. The molecule has 0 atom stereocenters. The predicted molar refractivity (Wildman–Crippen MR) is 43.4 cm³/mol. The topological polar surface area (TPSA) is 39.2 Å². The maximum Gasteiger partial charge on any atom is 0.410 e. The Balaban J connectivity index is 2.86. The average Bonchev–Trinajstić information content (AvgIpc) is 1.93. The van der Waals surface area contributed by atoms with Gasteiger partial charge in [-0.2, -0.15) is 0 Å². The second kappa shape index (κ2) is 3.59. The van der Waals surface area contributed by atoms with Crippen molar-refractivity contribution >= 4 is 29.7 Å². The number of thiol groups is 1. The lowest BCUT2D eigenvalue weighted by atomic mass is 10.5. The van der Waals surface area contributed by atoms with E-state index in [0.29, 0.717) is 4.90 Å².